The van der Waals surface area contributed by atoms with E-state index < -0.39 is 0 Å². The van der Waals surface area contributed by atoms with Crippen LogP contribution in [0.1, 0.15) is 50.7 Å². The fourth-order valence-electron chi connectivity index (χ4n) is 5.28. The Morgan fingerprint density at radius 3 is 1.68 bits per heavy atom. The quantitative estimate of drug-likeness (QED) is 0.250. The SMILES string of the molecule is CC(C)c1cc(-c2nccc3c2ccc2c3ccc3c4ccccc4ccc32)cc(C(C)C)c1. The number of hydrogen-bond donors (Lipinski definition) is 0. The molecule has 0 atom stereocenters. The van der Waals surface area contributed by atoms with Crippen molar-refractivity contribution in [3.05, 3.63) is 102 Å². The lowest BCUT2D eigenvalue weighted by Crippen LogP contribution is -1.96. The molecule has 0 aliphatic carbocycles. The van der Waals surface area contributed by atoms with Gasteiger partial charge in [-0.3, -0.25) is 4.98 Å². The van der Waals surface area contributed by atoms with Crippen LogP contribution < -0.4 is 0 Å². The fraction of sp³-hybridized carbons (Fsp3) is 0.182. The first-order chi connectivity index (χ1) is 16.5. The molecule has 0 saturated carbocycles. The van der Waals surface area contributed by atoms with E-state index >= 15 is 0 Å². The van der Waals surface area contributed by atoms with Crippen LogP contribution in [0.3, 0.4) is 0 Å². The van der Waals surface area contributed by atoms with Crippen molar-refractivity contribution < 1.29 is 0 Å². The van der Waals surface area contributed by atoms with Gasteiger partial charge >= 0.3 is 0 Å². The minimum Gasteiger partial charge on any atom is -0.256 e. The van der Waals surface area contributed by atoms with Gasteiger partial charge in [0.2, 0.25) is 0 Å². The van der Waals surface area contributed by atoms with E-state index in [1.807, 2.05) is 6.20 Å². The Bertz CT molecular complexity index is 1680. The molecule has 0 aliphatic rings. The fourth-order valence-corrected chi connectivity index (χ4v) is 5.28. The summed E-state index contributed by atoms with van der Waals surface area (Å²) >= 11 is 0. The molecule has 0 spiro atoms. The molecule has 0 saturated heterocycles. The van der Waals surface area contributed by atoms with Crippen molar-refractivity contribution in [1.29, 1.82) is 0 Å². The van der Waals surface area contributed by atoms with Gasteiger partial charge in [0.25, 0.3) is 0 Å². The number of fused-ring (bicyclic) bond motifs is 7. The third kappa shape index (κ3) is 3.27. The summed E-state index contributed by atoms with van der Waals surface area (Å²) in [5.74, 6) is 0.962. The zero-order chi connectivity index (χ0) is 23.4. The smallest absolute Gasteiger partial charge is 0.0780 e. The largest absolute Gasteiger partial charge is 0.256 e. The van der Waals surface area contributed by atoms with Crippen molar-refractivity contribution in [3.63, 3.8) is 0 Å². The van der Waals surface area contributed by atoms with Crippen molar-refractivity contribution in [1.82, 2.24) is 4.98 Å². The standard InChI is InChI=1S/C33H29N/c1-20(2)23-17-24(21(3)4)19-25(18-23)33-32-14-13-29-28-10-9-22-7-5-6-8-26(22)27(28)11-12-30(29)31(32)15-16-34-33/h5-21H,1-4H3. The highest BCUT2D eigenvalue weighted by atomic mass is 14.7. The van der Waals surface area contributed by atoms with Crippen LogP contribution >= 0.6 is 0 Å². The molecule has 1 aromatic heterocycles. The highest BCUT2D eigenvalue weighted by Gasteiger charge is 2.14. The maximum absolute atomic E-state index is 4.89. The zero-order valence-electron chi connectivity index (χ0n) is 20.3. The summed E-state index contributed by atoms with van der Waals surface area (Å²) in [6.07, 6.45) is 1.97. The molecule has 166 valence electrons. The summed E-state index contributed by atoms with van der Waals surface area (Å²) in [4.78, 5) is 4.89. The minimum atomic E-state index is 0.481. The van der Waals surface area contributed by atoms with Gasteiger partial charge in [-0.2, -0.15) is 0 Å². The molecule has 0 radical (unpaired) electrons. The van der Waals surface area contributed by atoms with Gasteiger partial charge in [-0.15, -0.1) is 0 Å². The molecule has 0 fully saturated rings. The average Bonchev–Trinajstić information content (AvgIpc) is 2.87. The molecular weight excluding hydrogens is 410 g/mol. The molecule has 1 heterocycles. The third-order valence-corrected chi connectivity index (χ3v) is 7.25. The Hall–Kier alpha value is -3.71. The third-order valence-electron chi connectivity index (χ3n) is 7.25. The first-order valence-electron chi connectivity index (χ1n) is 12.3. The molecule has 6 rings (SSSR count). The van der Waals surface area contributed by atoms with Gasteiger partial charge in [0.1, 0.15) is 0 Å². The zero-order valence-corrected chi connectivity index (χ0v) is 20.3. The number of pyridine rings is 1. The van der Waals surface area contributed by atoms with Gasteiger partial charge in [-0.25, -0.2) is 0 Å². The molecule has 34 heavy (non-hydrogen) atoms. The van der Waals surface area contributed by atoms with Crippen LogP contribution in [0.4, 0.5) is 0 Å². The second-order valence-electron chi connectivity index (χ2n) is 10.1. The van der Waals surface area contributed by atoms with E-state index in [-0.39, 0.29) is 0 Å². The minimum absolute atomic E-state index is 0.481. The Morgan fingerprint density at radius 1 is 0.500 bits per heavy atom. The second-order valence-corrected chi connectivity index (χ2v) is 10.1. The van der Waals surface area contributed by atoms with Crippen molar-refractivity contribution >= 4 is 43.1 Å². The summed E-state index contributed by atoms with van der Waals surface area (Å²) in [6.45, 7) is 9.06. The number of aromatic nitrogens is 1. The molecular formula is C33H29N. The lowest BCUT2D eigenvalue weighted by Gasteiger charge is -2.16. The summed E-state index contributed by atoms with van der Waals surface area (Å²) in [6, 6.07) is 31.5. The highest BCUT2D eigenvalue weighted by Crippen LogP contribution is 2.38. The van der Waals surface area contributed by atoms with Gasteiger partial charge in [-0.05, 0) is 78.9 Å². The lowest BCUT2D eigenvalue weighted by atomic mass is 9.90. The van der Waals surface area contributed by atoms with Gasteiger partial charge in [0.15, 0.2) is 0 Å². The Morgan fingerprint density at radius 2 is 1.03 bits per heavy atom. The van der Waals surface area contributed by atoms with Gasteiger partial charge in [-0.1, -0.05) is 94.4 Å². The molecule has 1 nitrogen and oxygen atoms in total. The highest BCUT2D eigenvalue weighted by molar-refractivity contribution is 6.23. The summed E-state index contributed by atoms with van der Waals surface area (Å²) < 4.78 is 0. The van der Waals surface area contributed by atoms with E-state index in [9.17, 15) is 0 Å². The number of benzene rings is 5. The first kappa shape index (κ1) is 20.9. The molecule has 5 aromatic carbocycles. The van der Waals surface area contributed by atoms with E-state index in [4.69, 9.17) is 4.98 Å². The van der Waals surface area contributed by atoms with E-state index in [1.54, 1.807) is 0 Å². The van der Waals surface area contributed by atoms with E-state index in [0.29, 0.717) is 11.8 Å². The van der Waals surface area contributed by atoms with Gasteiger partial charge in [0.05, 0.1) is 5.69 Å². The summed E-state index contributed by atoms with van der Waals surface area (Å²) in [5, 5.41) is 10.3. The Labute approximate surface area is 201 Å². The Kier molecular flexibility index (Phi) is 4.88. The van der Waals surface area contributed by atoms with E-state index in [2.05, 4.69) is 113 Å². The number of hydrogen-bond acceptors (Lipinski definition) is 1. The molecule has 0 N–H and O–H groups in total. The lowest BCUT2D eigenvalue weighted by molar-refractivity contribution is 0.834. The van der Waals surface area contributed by atoms with Crippen molar-refractivity contribution in [2.45, 2.75) is 39.5 Å². The molecule has 6 aromatic rings. The number of nitrogens with zero attached hydrogens (tertiary/aromatic N) is 1. The molecule has 0 bridgehead atoms. The van der Waals surface area contributed by atoms with Gasteiger partial charge in [0, 0.05) is 17.1 Å². The average molecular weight is 440 g/mol. The molecule has 0 amide bonds. The normalized spacial score (nSPS) is 12.1. The van der Waals surface area contributed by atoms with Crippen LogP contribution in [0.15, 0.2) is 91.1 Å². The van der Waals surface area contributed by atoms with Crippen molar-refractivity contribution in [3.8, 4) is 11.3 Å². The van der Waals surface area contributed by atoms with Crippen LogP contribution in [-0.2, 0) is 0 Å². The van der Waals surface area contributed by atoms with Crippen molar-refractivity contribution in [2.24, 2.45) is 0 Å². The molecule has 0 unspecified atom stereocenters. The van der Waals surface area contributed by atoms with E-state index in [1.165, 1.54) is 59.8 Å². The molecule has 0 aliphatic heterocycles. The maximum Gasteiger partial charge on any atom is 0.0780 e. The van der Waals surface area contributed by atoms with Crippen molar-refractivity contribution in [2.75, 3.05) is 0 Å². The maximum atomic E-state index is 4.89. The van der Waals surface area contributed by atoms with Crippen LogP contribution in [-0.4, -0.2) is 4.98 Å². The van der Waals surface area contributed by atoms with Crippen LogP contribution in [0.2, 0.25) is 0 Å². The predicted octanol–water partition coefficient (Wildman–Crippen LogP) is 9.61. The molecule has 1 heteroatoms. The van der Waals surface area contributed by atoms with Crippen LogP contribution in [0.25, 0.3) is 54.3 Å². The first-order valence-corrected chi connectivity index (χ1v) is 12.3. The van der Waals surface area contributed by atoms with E-state index in [0.717, 1.165) is 5.69 Å². The predicted molar refractivity (Wildman–Crippen MR) is 148 cm³/mol. The number of rotatable bonds is 3. The Balaban J connectivity index is 1.64. The van der Waals surface area contributed by atoms with Gasteiger partial charge < -0.3 is 0 Å². The van der Waals surface area contributed by atoms with Crippen LogP contribution in [0.5, 0.6) is 0 Å². The monoisotopic (exact) mass is 439 g/mol. The summed E-state index contributed by atoms with van der Waals surface area (Å²) in [5.41, 5.74) is 5.03. The van der Waals surface area contributed by atoms with Crippen LogP contribution in [0, 0.1) is 0 Å². The second kappa shape index (κ2) is 7.95. The summed E-state index contributed by atoms with van der Waals surface area (Å²) in [7, 11) is 0. The topological polar surface area (TPSA) is 12.9 Å².